The Labute approximate surface area is 153 Å². The third-order valence-corrected chi connectivity index (χ3v) is 4.95. The molecule has 0 bridgehead atoms. The van der Waals surface area contributed by atoms with Gasteiger partial charge >= 0.3 is 0 Å². The Balaban J connectivity index is 1.80. The van der Waals surface area contributed by atoms with Gasteiger partial charge in [0.1, 0.15) is 16.8 Å². The second-order valence-electron chi connectivity index (χ2n) is 5.62. The molecule has 0 radical (unpaired) electrons. The van der Waals surface area contributed by atoms with E-state index in [1.807, 2.05) is 6.92 Å². The largest absolute Gasteiger partial charge is 0.496 e. The van der Waals surface area contributed by atoms with Gasteiger partial charge in [-0.25, -0.2) is 0 Å². The van der Waals surface area contributed by atoms with Crippen molar-refractivity contribution in [2.45, 2.75) is 25.8 Å². The molecule has 2 aromatic rings. The molecule has 0 saturated carbocycles. The van der Waals surface area contributed by atoms with E-state index in [9.17, 15) is 9.59 Å². The fourth-order valence-electron chi connectivity index (χ4n) is 2.82. The maximum absolute atomic E-state index is 12.9. The van der Waals surface area contributed by atoms with E-state index in [1.165, 1.54) is 18.4 Å². The van der Waals surface area contributed by atoms with Crippen LogP contribution in [-0.4, -0.2) is 46.6 Å². The van der Waals surface area contributed by atoms with Gasteiger partial charge in [-0.05, 0) is 38.0 Å². The Bertz CT molecular complexity index is 810. The number of likely N-dealkylation sites (tertiary alicyclic amines) is 1. The van der Waals surface area contributed by atoms with Gasteiger partial charge in [-0.3, -0.25) is 14.9 Å². The van der Waals surface area contributed by atoms with Crippen LogP contribution in [0.5, 0.6) is 5.75 Å². The highest BCUT2D eigenvalue weighted by molar-refractivity contribution is 7.15. The quantitative estimate of drug-likeness (QED) is 0.881. The highest BCUT2D eigenvalue weighted by atomic mass is 35.5. The Hall–Kier alpha value is -2.19. The highest BCUT2D eigenvalue weighted by Crippen LogP contribution is 2.28. The molecule has 0 spiro atoms. The smallest absolute Gasteiger partial charge is 0.258 e. The molecule has 1 N–H and O–H groups in total. The molecule has 1 aromatic heterocycles. The molecule has 2 amide bonds. The van der Waals surface area contributed by atoms with E-state index in [-0.39, 0.29) is 11.8 Å². The van der Waals surface area contributed by atoms with Crippen LogP contribution < -0.4 is 10.1 Å². The number of hydrogen-bond donors (Lipinski definition) is 1. The summed E-state index contributed by atoms with van der Waals surface area (Å²) in [6, 6.07) is 4.30. The number of methoxy groups -OCH3 is 1. The van der Waals surface area contributed by atoms with Crippen LogP contribution in [0.4, 0.5) is 5.13 Å². The number of aryl methyl sites for hydroxylation is 1. The van der Waals surface area contributed by atoms with Gasteiger partial charge in [0.05, 0.1) is 12.7 Å². The first-order valence-electron chi connectivity index (χ1n) is 7.75. The average molecular weight is 381 g/mol. The number of nitrogens with zero attached hydrogens (tertiary/aromatic N) is 3. The number of nitrogens with one attached hydrogen (secondary N) is 1. The second kappa shape index (κ2) is 7.37. The van der Waals surface area contributed by atoms with Gasteiger partial charge in [-0.15, -0.1) is 10.2 Å². The molecule has 1 unspecified atom stereocenters. The monoisotopic (exact) mass is 380 g/mol. The van der Waals surface area contributed by atoms with Crippen molar-refractivity contribution < 1.29 is 14.3 Å². The summed E-state index contributed by atoms with van der Waals surface area (Å²) in [6.07, 6.45) is 1.35. The average Bonchev–Trinajstić information content (AvgIpc) is 3.23. The molecule has 25 heavy (non-hydrogen) atoms. The van der Waals surface area contributed by atoms with Crippen molar-refractivity contribution in [2.24, 2.45) is 0 Å². The van der Waals surface area contributed by atoms with Crippen LogP contribution in [0.2, 0.25) is 5.02 Å². The number of amides is 2. The molecule has 0 aliphatic carbocycles. The lowest BCUT2D eigenvalue weighted by Gasteiger charge is -2.24. The number of aromatic nitrogens is 2. The van der Waals surface area contributed by atoms with E-state index in [0.717, 1.165) is 11.4 Å². The maximum Gasteiger partial charge on any atom is 0.258 e. The Kier molecular flexibility index (Phi) is 5.19. The van der Waals surface area contributed by atoms with Crippen molar-refractivity contribution in [2.75, 3.05) is 19.0 Å². The van der Waals surface area contributed by atoms with E-state index in [1.54, 1.807) is 23.1 Å². The molecular formula is C16H17ClN4O3S. The van der Waals surface area contributed by atoms with Crippen molar-refractivity contribution in [1.82, 2.24) is 15.1 Å². The number of benzene rings is 1. The number of anilines is 1. The van der Waals surface area contributed by atoms with Gasteiger partial charge in [0.25, 0.3) is 5.91 Å². The van der Waals surface area contributed by atoms with E-state index in [0.29, 0.717) is 34.4 Å². The summed E-state index contributed by atoms with van der Waals surface area (Å²) in [4.78, 5) is 27.1. The van der Waals surface area contributed by atoms with E-state index in [2.05, 4.69) is 15.5 Å². The van der Waals surface area contributed by atoms with Gasteiger partial charge in [-0.2, -0.15) is 0 Å². The molecule has 1 saturated heterocycles. The summed E-state index contributed by atoms with van der Waals surface area (Å²) >= 11 is 7.31. The molecule has 2 heterocycles. The number of rotatable bonds is 4. The van der Waals surface area contributed by atoms with Gasteiger partial charge in [0, 0.05) is 11.6 Å². The van der Waals surface area contributed by atoms with Crippen LogP contribution in [-0.2, 0) is 4.79 Å². The Morgan fingerprint density at radius 2 is 2.20 bits per heavy atom. The minimum absolute atomic E-state index is 0.261. The van der Waals surface area contributed by atoms with Crippen molar-refractivity contribution >= 4 is 39.9 Å². The lowest BCUT2D eigenvalue weighted by atomic mass is 10.1. The van der Waals surface area contributed by atoms with Crippen molar-refractivity contribution in [3.8, 4) is 5.75 Å². The summed E-state index contributed by atoms with van der Waals surface area (Å²) in [5, 5.41) is 12.1. The number of carbonyl (C=O) groups is 2. The van der Waals surface area contributed by atoms with Crippen LogP contribution >= 0.6 is 22.9 Å². The SMILES string of the molecule is COc1ccc(Cl)cc1C(=O)N1CCCC1C(=O)Nc1nnc(C)s1. The molecule has 9 heteroatoms. The summed E-state index contributed by atoms with van der Waals surface area (Å²) in [5.41, 5.74) is 0.349. The standard InChI is InChI=1S/C16H17ClN4O3S/c1-9-19-20-16(25-9)18-14(22)12-4-3-7-21(12)15(23)11-8-10(17)5-6-13(11)24-2/h5-6,8,12H,3-4,7H2,1-2H3,(H,18,20,22). The first kappa shape index (κ1) is 17.6. The predicted octanol–water partition coefficient (Wildman–Crippen LogP) is 2.75. The van der Waals surface area contributed by atoms with Gasteiger partial charge in [-0.1, -0.05) is 22.9 Å². The molecule has 1 atom stereocenters. The second-order valence-corrected chi connectivity index (χ2v) is 7.23. The molecule has 1 aliphatic heterocycles. The maximum atomic E-state index is 12.9. The number of carbonyl (C=O) groups excluding carboxylic acids is 2. The number of hydrogen-bond acceptors (Lipinski definition) is 6. The third kappa shape index (κ3) is 3.74. The third-order valence-electron chi connectivity index (χ3n) is 3.96. The fraction of sp³-hybridized carbons (Fsp3) is 0.375. The highest BCUT2D eigenvalue weighted by Gasteiger charge is 2.36. The fourth-order valence-corrected chi connectivity index (χ4v) is 3.59. The zero-order valence-electron chi connectivity index (χ0n) is 13.8. The number of halogens is 1. The summed E-state index contributed by atoms with van der Waals surface area (Å²) < 4.78 is 5.25. The Morgan fingerprint density at radius 3 is 2.88 bits per heavy atom. The van der Waals surface area contributed by atoms with Crippen LogP contribution in [0.3, 0.4) is 0 Å². The van der Waals surface area contributed by atoms with Gasteiger partial charge < -0.3 is 9.64 Å². The Morgan fingerprint density at radius 1 is 1.40 bits per heavy atom. The molecular weight excluding hydrogens is 364 g/mol. The van der Waals surface area contributed by atoms with Crippen LogP contribution in [0.25, 0.3) is 0 Å². The lowest BCUT2D eigenvalue weighted by molar-refractivity contribution is -0.119. The van der Waals surface area contributed by atoms with Crippen molar-refractivity contribution in [1.29, 1.82) is 0 Å². The molecule has 1 aromatic carbocycles. The van der Waals surface area contributed by atoms with E-state index < -0.39 is 6.04 Å². The lowest BCUT2D eigenvalue weighted by Crippen LogP contribution is -2.43. The summed E-state index contributed by atoms with van der Waals surface area (Å²) in [5.74, 6) is -0.103. The van der Waals surface area contributed by atoms with E-state index in [4.69, 9.17) is 16.3 Å². The molecule has 132 valence electrons. The molecule has 1 aliphatic rings. The zero-order valence-corrected chi connectivity index (χ0v) is 15.4. The molecule has 7 nitrogen and oxygen atoms in total. The van der Waals surface area contributed by atoms with Crippen LogP contribution in [0.15, 0.2) is 18.2 Å². The topological polar surface area (TPSA) is 84.4 Å². The van der Waals surface area contributed by atoms with Crippen LogP contribution in [0.1, 0.15) is 28.2 Å². The minimum atomic E-state index is -0.555. The zero-order chi connectivity index (χ0) is 18.0. The molecule has 3 rings (SSSR count). The molecule has 1 fully saturated rings. The van der Waals surface area contributed by atoms with Gasteiger partial charge in [0.15, 0.2) is 0 Å². The predicted molar refractivity (Wildman–Crippen MR) is 95.3 cm³/mol. The summed E-state index contributed by atoms with van der Waals surface area (Å²) in [7, 11) is 1.49. The van der Waals surface area contributed by atoms with Crippen molar-refractivity contribution in [3.63, 3.8) is 0 Å². The summed E-state index contributed by atoms with van der Waals surface area (Å²) in [6.45, 7) is 2.31. The van der Waals surface area contributed by atoms with Crippen LogP contribution in [0, 0.1) is 6.92 Å². The first-order valence-corrected chi connectivity index (χ1v) is 8.94. The normalized spacial score (nSPS) is 16.8. The minimum Gasteiger partial charge on any atom is -0.496 e. The van der Waals surface area contributed by atoms with Crippen molar-refractivity contribution in [3.05, 3.63) is 33.8 Å². The first-order chi connectivity index (χ1) is 12.0. The number of ether oxygens (including phenoxy) is 1. The van der Waals surface area contributed by atoms with Gasteiger partial charge in [0.2, 0.25) is 11.0 Å². The van der Waals surface area contributed by atoms with E-state index >= 15 is 0 Å².